The second-order valence-corrected chi connectivity index (χ2v) is 8.90. The van der Waals surface area contributed by atoms with Gasteiger partial charge in [-0.1, -0.05) is 0 Å². The standard InChI is InChI=1S/C21H29N3O7/c1-21(2,3)31-20(26)23-13-6-7-14(23)9-12(8-13)22-16-10-15(19(25)30-5)17(24(27)28)11-18(16)29-4/h10-14,22H,6-9H2,1-5H3. The van der Waals surface area contributed by atoms with Crippen LogP contribution in [0.3, 0.4) is 0 Å². The summed E-state index contributed by atoms with van der Waals surface area (Å²) in [6.07, 6.45) is 2.89. The highest BCUT2D eigenvalue weighted by atomic mass is 16.6. The average Bonchev–Trinajstić information content (AvgIpc) is 2.96. The summed E-state index contributed by atoms with van der Waals surface area (Å²) in [5, 5.41) is 14.7. The molecule has 1 amide bonds. The number of nitro groups is 1. The Hall–Kier alpha value is -3.04. The number of hydrogen-bond acceptors (Lipinski definition) is 8. The number of esters is 1. The van der Waals surface area contributed by atoms with Crippen LogP contribution in [0.4, 0.5) is 16.2 Å². The zero-order valence-corrected chi connectivity index (χ0v) is 18.5. The fraction of sp³-hybridized carbons (Fsp3) is 0.619. The van der Waals surface area contributed by atoms with Gasteiger partial charge >= 0.3 is 12.1 Å². The van der Waals surface area contributed by atoms with E-state index >= 15 is 0 Å². The van der Waals surface area contributed by atoms with Crippen LogP contribution in [-0.4, -0.2) is 59.8 Å². The van der Waals surface area contributed by atoms with Crippen molar-refractivity contribution < 1.29 is 28.7 Å². The molecule has 0 aromatic heterocycles. The molecule has 1 aromatic carbocycles. The van der Waals surface area contributed by atoms with Gasteiger partial charge in [-0.25, -0.2) is 9.59 Å². The topological polar surface area (TPSA) is 120 Å². The Bertz CT molecular complexity index is 866. The smallest absolute Gasteiger partial charge is 0.410 e. The van der Waals surface area contributed by atoms with Gasteiger partial charge in [-0.05, 0) is 52.5 Å². The Morgan fingerprint density at radius 1 is 1.16 bits per heavy atom. The van der Waals surface area contributed by atoms with Gasteiger partial charge in [0, 0.05) is 18.1 Å². The molecule has 2 bridgehead atoms. The van der Waals surface area contributed by atoms with Gasteiger partial charge < -0.3 is 24.4 Å². The normalized spacial score (nSPS) is 22.6. The molecule has 1 N–H and O–H groups in total. The van der Waals surface area contributed by atoms with Gasteiger partial charge in [0.15, 0.2) is 0 Å². The van der Waals surface area contributed by atoms with Crippen LogP contribution in [0.25, 0.3) is 0 Å². The number of nitrogens with one attached hydrogen (secondary N) is 1. The number of carbonyl (C=O) groups is 2. The maximum Gasteiger partial charge on any atom is 0.410 e. The van der Waals surface area contributed by atoms with Crippen molar-refractivity contribution in [3.8, 4) is 5.75 Å². The average molecular weight is 435 g/mol. The Morgan fingerprint density at radius 3 is 2.26 bits per heavy atom. The summed E-state index contributed by atoms with van der Waals surface area (Å²) in [4.78, 5) is 37.3. The third-order valence-corrected chi connectivity index (χ3v) is 5.62. The molecule has 2 heterocycles. The van der Waals surface area contributed by atoms with Crippen LogP contribution in [0, 0.1) is 10.1 Å². The molecular formula is C21H29N3O7. The lowest BCUT2D eigenvalue weighted by atomic mass is 9.97. The van der Waals surface area contributed by atoms with Gasteiger partial charge in [0.25, 0.3) is 5.69 Å². The maximum atomic E-state index is 12.6. The van der Waals surface area contributed by atoms with E-state index in [-0.39, 0.29) is 41.2 Å². The lowest BCUT2D eigenvalue weighted by molar-refractivity contribution is -0.385. The molecule has 2 aliphatic rings. The number of ether oxygens (including phenoxy) is 3. The van der Waals surface area contributed by atoms with Crippen molar-refractivity contribution in [2.75, 3.05) is 19.5 Å². The Balaban J connectivity index is 1.80. The number of nitro benzene ring substituents is 1. The van der Waals surface area contributed by atoms with Crippen LogP contribution in [0.15, 0.2) is 12.1 Å². The number of rotatable bonds is 5. The fourth-order valence-electron chi connectivity index (χ4n) is 4.40. The summed E-state index contributed by atoms with van der Waals surface area (Å²) in [6.45, 7) is 5.54. The number of benzene rings is 1. The first-order chi connectivity index (χ1) is 14.5. The first kappa shape index (κ1) is 22.6. The Morgan fingerprint density at radius 2 is 1.77 bits per heavy atom. The summed E-state index contributed by atoms with van der Waals surface area (Å²) >= 11 is 0. The highest BCUT2D eigenvalue weighted by Gasteiger charge is 2.45. The van der Waals surface area contributed by atoms with E-state index in [1.807, 2.05) is 25.7 Å². The molecule has 0 spiro atoms. The van der Waals surface area contributed by atoms with E-state index in [9.17, 15) is 19.7 Å². The van der Waals surface area contributed by atoms with E-state index in [1.165, 1.54) is 26.4 Å². The van der Waals surface area contributed by atoms with Crippen molar-refractivity contribution >= 4 is 23.4 Å². The number of amides is 1. The second-order valence-electron chi connectivity index (χ2n) is 8.90. The number of carbonyl (C=O) groups excluding carboxylic acids is 2. The van der Waals surface area contributed by atoms with Crippen molar-refractivity contribution in [2.24, 2.45) is 0 Å². The predicted octanol–water partition coefficient (Wildman–Crippen LogP) is 3.73. The zero-order valence-electron chi connectivity index (χ0n) is 18.5. The van der Waals surface area contributed by atoms with E-state index in [4.69, 9.17) is 14.2 Å². The van der Waals surface area contributed by atoms with E-state index in [0.717, 1.165) is 12.8 Å². The molecule has 2 saturated heterocycles. The lowest BCUT2D eigenvalue weighted by Gasteiger charge is -2.40. The number of piperidine rings is 1. The van der Waals surface area contributed by atoms with Crippen molar-refractivity contribution in [2.45, 2.75) is 70.2 Å². The Kier molecular flexibility index (Phi) is 6.28. The van der Waals surface area contributed by atoms with E-state index in [2.05, 4.69) is 5.32 Å². The van der Waals surface area contributed by atoms with E-state index < -0.39 is 16.5 Å². The van der Waals surface area contributed by atoms with Crippen molar-refractivity contribution in [3.63, 3.8) is 0 Å². The van der Waals surface area contributed by atoms with Crippen molar-refractivity contribution in [1.82, 2.24) is 4.90 Å². The third kappa shape index (κ3) is 4.83. The van der Waals surface area contributed by atoms with Gasteiger partial charge in [0.05, 0.1) is 30.9 Å². The van der Waals surface area contributed by atoms with Gasteiger partial charge in [-0.2, -0.15) is 0 Å². The summed E-state index contributed by atoms with van der Waals surface area (Å²) in [6, 6.07) is 2.73. The maximum absolute atomic E-state index is 12.6. The minimum absolute atomic E-state index is 0.0111. The molecule has 2 atom stereocenters. The highest BCUT2D eigenvalue weighted by Crippen LogP contribution is 2.40. The molecule has 0 radical (unpaired) electrons. The molecule has 170 valence electrons. The molecule has 0 saturated carbocycles. The monoisotopic (exact) mass is 435 g/mol. The van der Waals surface area contributed by atoms with Gasteiger partial charge in [0.2, 0.25) is 0 Å². The van der Waals surface area contributed by atoms with Crippen LogP contribution in [0.1, 0.15) is 56.8 Å². The molecule has 0 aliphatic carbocycles. The summed E-state index contributed by atoms with van der Waals surface area (Å²) in [5.74, 6) is -0.529. The molecule has 2 fully saturated rings. The van der Waals surface area contributed by atoms with E-state index in [0.29, 0.717) is 18.5 Å². The molecule has 1 aromatic rings. The SMILES string of the molecule is COC(=O)c1cc(NC2CC3CCC(C2)N3C(=O)OC(C)(C)C)c(OC)cc1[N+](=O)[O-]. The molecule has 3 rings (SSSR count). The van der Waals surface area contributed by atoms with Crippen LogP contribution < -0.4 is 10.1 Å². The van der Waals surface area contributed by atoms with Crippen molar-refractivity contribution in [3.05, 3.63) is 27.8 Å². The summed E-state index contributed by atoms with van der Waals surface area (Å²) < 4.78 is 15.6. The quantitative estimate of drug-likeness (QED) is 0.422. The lowest BCUT2D eigenvalue weighted by Crippen LogP contribution is -2.51. The molecule has 2 unspecified atom stereocenters. The summed E-state index contributed by atoms with van der Waals surface area (Å²) in [7, 11) is 2.59. The van der Waals surface area contributed by atoms with Crippen LogP contribution in [0.5, 0.6) is 5.75 Å². The van der Waals surface area contributed by atoms with E-state index in [1.54, 1.807) is 0 Å². The summed E-state index contributed by atoms with van der Waals surface area (Å²) in [5.41, 5.74) is -0.607. The Labute approximate surface area is 181 Å². The third-order valence-electron chi connectivity index (χ3n) is 5.62. The van der Waals surface area contributed by atoms with Crippen LogP contribution >= 0.6 is 0 Å². The number of methoxy groups -OCH3 is 2. The van der Waals surface area contributed by atoms with Gasteiger partial charge in [-0.15, -0.1) is 0 Å². The van der Waals surface area contributed by atoms with Crippen molar-refractivity contribution in [1.29, 1.82) is 0 Å². The first-order valence-corrected chi connectivity index (χ1v) is 10.3. The zero-order chi connectivity index (χ0) is 22.9. The fourth-order valence-corrected chi connectivity index (χ4v) is 4.40. The van der Waals surface area contributed by atoms with Crippen LogP contribution in [-0.2, 0) is 9.47 Å². The second kappa shape index (κ2) is 8.60. The van der Waals surface area contributed by atoms with Crippen LogP contribution in [0.2, 0.25) is 0 Å². The molecule has 31 heavy (non-hydrogen) atoms. The number of nitrogens with zero attached hydrogens (tertiary/aromatic N) is 2. The molecular weight excluding hydrogens is 406 g/mol. The number of hydrogen-bond donors (Lipinski definition) is 1. The largest absolute Gasteiger partial charge is 0.494 e. The van der Waals surface area contributed by atoms with Gasteiger partial charge in [-0.3, -0.25) is 10.1 Å². The molecule has 2 aliphatic heterocycles. The minimum Gasteiger partial charge on any atom is -0.494 e. The highest BCUT2D eigenvalue weighted by molar-refractivity contribution is 5.96. The molecule has 10 nitrogen and oxygen atoms in total. The number of fused-ring (bicyclic) bond motifs is 2. The predicted molar refractivity (Wildman–Crippen MR) is 113 cm³/mol. The minimum atomic E-state index is -0.794. The number of anilines is 1. The molecule has 10 heteroatoms. The van der Waals surface area contributed by atoms with Gasteiger partial charge in [0.1, 0.15) is 16.9 Å². The first-order valence-electron chi connectivity index (χ1n) is 10.3.